The molecule has 0 saturated heterocycles. The fourth-order valence-electron chi connectivity index (χ4n) is 0.322. The molecular formula is C5H18N2Si2. The molecule has 0 rings (SSSR count). The second-order valence-electron chi connectivity index (χ2n) is 3.60. The smallest absolute Gasteiger partial charge is 0.126 e. The topological polar surface area (TPSA) is 38.0 Å². The molecule has 0 heterocycles. The zero-order chi connectivity index (χ0) is 7.71. The largest absolute Gasteiger partial charge is 0.352 e. The van der Waals surface area contributed by atoms with E-state index in [1.54, 1.807) is 0 Å². The van der Waals surface area contributed by atoms with Gasteiger partial charge in [0.25, 0.3) is 0 Å². The Balaban J connectivity index is 4.14. The summed E-state index contributed by atoms with van der Waals surface area (Å²) in [4.78, 5) is 3.36. The zero-order valence-corrected chi connectivity index (χ0v) is 9.08. The van der Waals surface area contributed by atoms with Crippen LogP contribution in [0.2, 0.25) is 26.2 Å². The quantitative estimate of drug-likeness (QED) is 0.585. The number of hydrogen-bond acceptors (Lipinski definition) is 2. The zero-order valence-electron chi connectivity index (χ0n) is 7.08. The summed E-state index contributed by atoms with van der Waals surface area (Å²) in [6.07, 6.45) is 0. The minimum atomic E-state index is -1.36. The van der Waals surface area contributed by atoms with Crippen molar-refractivity contribution in [2.45, 2.75) is 26.2 Å². The van der Waals surface area contributed by atoms with Crippen LogP contribution in [-0.4, -0.2) is 22.6 Å². The fraction of sp³-hybridized carbons (Fsp3) is 1.00. The van der Waals surface area contributed by atoms with Crippen LogP contribution in [-0.2, 0) is 0 Å². The first kappa shape index (κ1) is 9.35. The summed E-state index contributed by atoms with van der Waals surface area (Å²) in [5, 5.41) is 6.06. The van der Waals surface area contributed by atoms with Gasteiger partial charge in [-0.3, -0.25) is 0 Å². The van der Waals surface area contributed by atoms with Crippen LogP contribution in [0.4, 0.5) is 0 Å². The van der Waals surface area contributed by atoms with Crippen molar-refractivity contribution in [1.29, 1.82) is 0 Å². The van der Waals surface area contributed by atoms with Gasteiger partial charge >= 0.3 is 0 Å². The van der Waals surface area contributed by atoms with Crippen molar-refractivity contribution in [3.8, 4) is 0 Å². The molecule has 0 bridgehead atoms. The van der Waals surface area contributed by atoms with Crippen LogP contribution in [0.1, 0.15) is 0 Å². The summed E-state index contributed by atoms with van der Waals surface area (Å²) >= 11 is 0. The highest BCUT2D eigenvalue weighted by Crippen LogP contribution is 2.08. The van der Waals surface area contributed by atoms with Gasteiger partial charge < -0.3 is 10.4 Å². The van der Waals surface area contributed by atoms with Crippen LogP contribution < -0.4 is 10.4 Å². The van der Waals surface area contributed by atoms with Crippen LogP contribution in [0.15, 0.2) is 0 Å². The van der Waals surface area contributed by atoms with Gasteiger partial charge in [-0.1, -0.05) is 26.2 Å². The molecule has 0 aliphatic rings. The average Bonchev–Trinajstić information content (AvgIpc) is 1.64. The van der Waals surface area contributed by atoms with Crippen LogP contribution >= 0.6 is 0 Å². The molecule has 2 nitrogen and oxygen atoms in total. The van der Waals surface area contributed by atoms with Crippen LogP contribution in [0, 0.1) is 0 Å². The molecule has 0 fully saturated rings. The SMILES string of the molecule is CN[Si](C)(C)[Si](C)(C)N. The molecule has 3 N–H and O–H groups in total. The Bertz CT molecular complexity index is 95.6. The summed E-state index contributed by atoms with van der Waals surface area (Å²) in [7, 11) is -0.548. The minimum absolute atomic E-state index is 1.21. The molecule has 4 heteroatoms. The van der Waals surface area contributed by atoms with E-state index in [-0.39, 0.29) is 0 Å². The third-order valence-corrected chi connectivity index (χ3v) is 17.1. The van der Waals surface area contributed by atoms with Crippen molar-refractivity contribution in [3.05, 3.63) is 0 Å². The minimum Gasteiger partial charge on any atom is -0.352 e. The molecule has 0 atom stereocenters. The van der Waals surface area contributed by atoms with Gasteiger partial charge in [-0.15, -0.1) is 0 Å². The van der Waals surface area contributed by atoms with Gasteiger partial charge in [0, 0.05) is 0 Å². The Labute approximate surface area is 59.8 Å². The molecule has 0 aliphatic heterocycles. The maximum atomic E-state index is 6.06. The Morgan fingerprint density at radius 2 is 1.44 bits per heavy atom. The molecular weight excluding hydrogens is 144 g/mol. The molecule has 0 unspecified atom stereocenters. The lowest BCUT2D eigenvalue weighted by Gasteiger charge is -2.33. The van der Waals surface area contributed by atoms with Crippen molar-refractivity contribution >= 4 is 15.5 Å². The third kappa shape index (κ3) is 2.21. The summed E-state index contributed by atoms with van der Waals surface area (Å²) in [6.45, 7) is 9.02. The van der Waals surface area contributed by atoms with Gasteiger partial charge in [0.05, 0.1) is 0 Å². The van der Waals surface area contributed by atoms with Crippen molar-refractivity contribution < 1.29 is 0 Å². The Hall–Kier alpha value is 0.354. The van der Waals surface area contributed by atoms with E-state index in [1.807, 2.05) is 7.05 Å². The normalized spacial score (nSPS) is 14.0. The van der Waals surface area contributed by atoms with E-state index in [0.29, 0.717) is 0 Å². The molecule has 0 spiro atoms. The lowest BCUT2D eigenvalue weighted by atomic mass is 11.6. The van der Waals surface area contributed by atoms with Crippen molar-refractivity contribution in [2.75, 3.05) is 7.05 Å². The van der Waals surface area contributed by atoms with E-state index in [4.69, 9.17) is 5.40 Å². The summed E-state index contributed by atoms with van der Waals surface area (Å²) in [6, 6.07) is 0. The predicted molar refractivity (Wildman–Crippen MR) is 48.2 cm³/mol. The van der Waals surface area contributed by atoms with E-state index in [1.165, 1.54) is 0 Å². The summed E-state index contributed by atoms with van der Waals surface area (Å²) in [5.74, 6) is 0. The molecule has 0 radical (unpaired) electrons. The highest BCUT2D eigenvalue weighted by Gasteiger charge is 2.36. The highest BCUT2D eigenvalue weighted by atomic mass is 29.3. The maximum Gasteiger partial charge on any atom is 0.126 e. The van der Waals surface area contributed by atoms with E-state index in [2.05, 4.69) is 31.2 Å². The Kier molecular flexibility index (Phi) is 2.63. The number of nitrogens with one attached hydrogen (secondary N) is 1. The van der Waals surface area contributed by atoms with Crippen molar-refractivity contribution in [1.82, 2.24) is 4.98 Å². The molecule has 0 aliphatic carbocycles. The first-order chi connectivity index (χ1) is 3.81. The van der Waals surface area contributed by atoms with Crippen molar-refractivity contribution in [3.63, 3.8) is 0 Å². The van der Waals surface area contributed by atoms with E-state index in [9.17, 15) is 0 Å². The molecule has 0 aromatic rings. The van der Waals surface area contributed by atoms with E-state index in [0.717, 1.165) is 0 Å². The fourth-order valence-corrected chi connectivity index (χ4v) is 2.90. The average molecular weight is 162 g/mol. The molecule has 9 heavy (non-hydrogen) atoms. The standard InChI is InChI=1S/C5H18N2Si2/c1-7-9(4,5)8(2,3)6/h7H,6H2,1-5H3. The van der Waals surface area contributed by atoms with E-state index < -0.39 is 15.5 Å². The Morgan fingerprint density at radius 1 is 1.11 bits per heavy atom. The Morgan fingerprint density at radius 3 is 1.44 bits per heavy atom. The number of rotatable bonds is 2. The highest BCUT2D eigenvalue weighted by molar-refractivity contribution is 7.38. The van der Waals surface area contributed by atoms with Crippen LogP contribution in [0.25, 0.3) is 0 Å². The predicted octanol–water partition coefficient (Wildman–Crippen LogP) is 0.653. The van der Waals surface area contributed by atoms with Crippen LogP contribution in [0.3, 0.4) is 0 Å². The molecule has 56 valence electrons. The lowest BCUT2D eigenvalue weighted by Crippen LogP contribution is -2.69. The second-order valence-corrected chi connectivity index (χ2v) is 18.4. The second kappa shape index (κ2) is 2.53. The third-order valence-electron chi connectivity index (χ3n) is 2.24. The molecule has 0 saturated carbocycles. The molecule has 0 aromatic carbocycles. The first-order valence-electron chi connectivity index (χ1n) is 3.29. The monoisotopic (exact) mass is 162 g/mol. The molecule has 0 aromatic heterocycles. The van der Waals surface area contributed by atoms with Crippen molar-refractivity contribution in [2.24, 2.45) is 5.40 Å². The van der Waals surface area contributed by atoms with Gasteiger partial charge in [0.15, 0.2) is 0 Å². The number of hydrogen-bond donors (Lipinski definition) is 2. The maximum absolute atomic E-state index is 6.06. The van der Waals surface area contributed by atoms with Gasteiger partial charge in [-0.2, -0.15) is 0 Å². The van der Waals surface area contributed by atoms with Gasteiger partial charge in [-0.25, -0.2) is 0 Å². The molecule has 0 amide bonds. The summed E-state index contributed by atoms with van der Waals surface area (Å²) < 4.78 is 0. The summed E-state index contributed by atoms with van der Waals surface area (Å²) in [5.41, 5.74) is 0. The number of nitrogens with two attached hydrogens (primary N) is 1. The van der Waals surface area contributed by atoms with Gasteiger partial charge in [0.2, 0.25) is 0 Å². The lowest BCUT2D eigenvalue weighted by molar-refractivity contribution is 1.18. The van der Waals surface area contributed by atoms with Gasteiger partial charge in [-0.05, 0) is 7.05 Å². The van der Waals surface area contributed by atoms with Crippen LogP contribution in [0.5, 0.6) is 0 Å². The van der Waals surface area contributed by atoms with Gasteiger partial charge in [0.1, 0.15) is 15.5 Å². The van der Waals surface area contributed by atoms with E-state index >= 15 is 0 Å². The first-order valence-corrected chi connectivity index (χ1v) is 10.4.